The van der Waals surface area contributed by atoms with Crippen molar-refractivity contribution in [2.24, 2.45) is 0 Å². The molecule has 1 aromatic heterocycles. The van der Waals surface area contributed by atoms with Gasteiger partial charge in [-0.05, 0) is 38.8 Å². The van der Waals surface area contributed by atoms with Gasteiger partial charge in [-0.3, -0.25) is 0 Å². The van der Waals surface area contributed by atoms with Crippen molar-refractivity contribution in [3.8, 4) is 0 Å². The maximum atomic E-state index is 11.9. The third-order valence-electron chi connectivity index (χ3n) is 2.57. The first kappa shape index (κ1) is 15.0. The Bertz CT molecular complexity index is 514. The Labute approximate surface area is 112 Å². The van der Waals surface area contributed by atoms with Gasteiger partial charge in [0.15, 0.2) is 0 Å². The highest BCUT2D eigenvalue weighted by Crippen LogP contribution is 2.20. The molecule has 1 heterocycles. The average molecular weight is 265 g/mol. The predicted octanol–water partition coefficient (Wildman–Crippen LogP) is 2.54. The van der Waals surface area contributed by atoms with E-state index in [1.807, 2.05) is 0 Å². The van der Waals surface area contributed by atoms with Crippen LogP contribution in [0.2, 0.25) is 0 Å². The van der Waals surface area contributed by atoms with Crippen LogP contribution in [0.1, 0.15) is 46.0 Å². The monoisotopic (exact) mass is 265 g/mol. The smallest absolute Gasteiger partial charge is 0.355 e. The maximum Gasteiger partial charge on any atom is 0.355 e. The number of nitrogens with one attached hydrogen (secondary N) is 1. The maximum absolute atomic E-state index is 11.9. The van der Waals surface area contributed by atoms with Gasteiger partial charge in [0.25, 0.3) is 0 Å². The zero-order chi connectivity index (χ0) is 14.6. The largest absolute Gasteiger partial charge is 0.461 e. The second-order valence-electron chi connectivity index (χ2n) is 4.38. The molecule has 5 nitrogen and oxygen atoms in total. The van der Waals surface area contributed by atoms with Crippen molar-refractivity contribution in [3.05, 3.63) is 34.7 Å². The number of aromatic nitrogens is 1. The molecule has 0 unspecified atom stereocenters. The summed E-state index contributed by atoms with van der Waals surface area (Å²) in [5.41, 5.74) is 2.56. The minimum absolute atomic E-state index is 0.164. The predicted molar refractivity (Wildman–Crippen MR) is 71.3 cm³/mol. The van der Waals surface area contributed by atoms with E-state index in [0.717, 1.165) is 5.57 Å². The van der Waals surface area contributed by atoms with E-state index in [4.69, 9.17) is 9.47 Å². The molecule has 0 saturated heterocycles. The van der Waals surface area contributed by atoms with Crippen LogP contribution in [0.4, 0.5) is 0 Å². The van der Waals surface area contributed by atoms with E-state index in [0.29, 0.717) is 22.5 Å². The fraction of sp³-hybridized carbons (Fsp3) is 0.429. The number of hydrogen-bond donors (Lipinski definition) is 1. The number of esters is 2. The van der Waals surface area contributed by atoms with Crippen LogP contribution in [0.15, 0.2) is 12.2 Å². The minimum atomic E-state index is -0.470. The van der Waals surface area contributed by atoms with Gasteiger partial charge in [-0.15, -0.1) is 0 Å². The van der Waals surface area contributed by atoms with Gasteiger partial charge in [-0.1, -0.05) is 6.58 Å². The summed E-state index contributed by atoms with van der Waals surface area (Å²) < 4.78 is 10.0. The Morgan fingerprint density at radius 3 is 2.37 bits per heavy atom. The van der Waals surface area contributed by atoms with Crippen molar-refractivity contribution in [1.82, 2.24) is 4.98 Å². The molecule has 1 rings (SSSR count). The lowest BCUT2D eigenvalue weighted by Gasteiger charge is -2.05. The van der Waals surface area contributed by atoms with Gasteiger partial charge in [0, 0.05) is 5.69 Å². The number of ether oxygens (including phenoxy) is 2. The molecule has 0 aliphatic carbocycles. The van der Waals surface area contributed by atoms with Crippen LogP contribution in [-0.4, -0.2) is 30.1 Å². The Morgan fingerprint density at radius 1 is 1.21 bits per heavy atom. The number of aromatic amines is 1. The highest BCUT2D eigenvalue weighted by Gasteiger charge is 2.23. The van der Waals surface area contributed by atoms with Crippen molar-refractivity contribution in [2.45, 2.75) is 27.7 Å². The summed E-state index contributed by atoms with van der Waals surface area (Å²) in [7, 11) is 0. The van der Waals surface area contributed by atoms with Crippen LogP contribution < -0.4 is 0 Å². The summed E-state index contributed by atoms with van der Waals surface area (Å²) in [5.74, 6) is -0.938. The van der Waals surface area contributed by atoms with Crippen LogP contribution in [0.3, 0.4) is 0 Å². The van der Waals surface area contributed by atoms with Gasteiger partial charge in [-0.2, -0.15) is 0 Å². The van der Waals surface area contributed by atoms with E-state index < -0.39 is 11.9 Å². The van der Waals surface area contributed by atoms with Crippen LogP contribution in [0.25, 0.3) is 0 Å². The van der Waals surface area contributed by atoms with E-state index in [-0.39, 0.29) is 13.2 Å². The summed E-state index contributed by atoms with van der Waals surface area (Å²) in [6.07, 6.45) is 0. The van der Waals surface area contributed by atoms with E-state index >= 15 is 0 Å². The first-order chi connectivity index (χ1) is 8.88. The fourth-order valence-corrected chi connectivity index (χ4v) is 1.72. The molecule has 5 heteroatoms. The summed E-state index contributed by atoms with van der Waals surface area (Å²) in [6, 6.07) is 0. The summed E-state index contributed by atoms with van der Waals surface area (Å²) in [6.45, 7) is 11.0. The molecule has 0 fully saturated rings. The van der Waals surface area contributed by atoms with Gasteiger partial charge in [0.2, 0.25) is 0 Å². The normalized spacial score (nSPS) is 10.1. The van der Waals surface area contributed by atoms with Crippen LogP contribution in [0.5, 0.6) is 0 Å². The molecule has 0 bridgehead atoms. The number of carbonyl (C=O) groups excluding carboxylic acids is 2. The molecule has 104 valence electrons. The molecule has 0 atom stereocenters. The molecule has 0 aliphatic heterocycles. The summed E-state index contributed by atoms with van der Waals surface area (Å²) in [4.78, 5) is 26.5. The molecular weight excluding hydrogens is 246 g/mol. The number of hydrogen-bond acceptors (Lipinski definition) is 4. The zero-order valence-electron chi connectivity index (χ0n) is 11.8. The average Bonchev–Trinajstić information content (AvgIpc) is 2.62. The van der Waals surface area contributed by atoms with Gasteiger partial charge >= 0.3 is 11.9 Å². The van der Waals surface area contributed by atoms with Crippen LogP contribution in [0, 0.1) is 13.8 Å². The Balaban J connectivity index is 2.99. The van der Waals surface area contributed by atoms with Crippen LogP contribution in [-0.2, 0) is 9.47 Å². The van der Waals surface area contributed by atoms with Gasteiger partial charge < -0.3 is 14.5 Å². The number of aryl methyl sites for hydroxylation is 1. The standard InChI is InChI=1S/C14H19NO4/c1-6-18-14(17)12-9(4)11(10(5)15-12)13(16)19-7-8(2)3/h15H,2,6-7H2,1,3-5H3. The van der Waals surface area contributed by atoms with E-state index in [1.54, 1.807) is 27.7 Å². The molecule has 0 saturated carbocycles. The molecule has 0 amide bonds. The SMILES string of the molecule is C=C(C)COC(=O)c1c(C)[nH]c(C(=O)OCC)c1C. The second kappa shape index (κ2) is 6.22. The molecular formula is C14H19NO4. The fourth-order valence-electron chi connectivity index (χ4n) is 1.72. The molecule has 0 aliphatic rings. The van der Waals surface area contributed by atoms with Crippen molar-refractivity contribution in [1.29, 1.82) is 0 Å². The van der Waals surface area contributed by atoms with Gasteiger partial charge in [-0.25, -0.2) is 9.59 Å². The molecule has 0 aromatic carbocycles. The highest BCUT2D eigenvalue weighted by molar-refractivity contribution is 5.98. The molecule has 1 N–H and O–H groups in total. The number of carbonyl (C=O) groups is 2. The lowest BCUT2D eigenvalue weighted by atomic mass is 10.1. The van der Waals surface area contributed by atoms with Gasteiger partial charge in [0.05, 0.1) is 12.2 Å². The van der Waals surface area contributed by atoms with E-state index in [9.17, 15) is 9.59 Å². The molecule has 1 aromatic rings. The van der Waals surface area contributed by atoms with Crippen LogP contribution >= 0.6 is 0 Å². The number of rotatable bonds is 5. The van der Waals surface area contributed by atoms with Crippen molar-refractivity contribution < 1.29 is 19.1 Å². The Hall–Kier alpha value is -2.04. The lowest BCUT2D eigenvalue weighted by Crippen LogP contribution is -2.10. The van der Waals surface area contributed by atoms with Crippen molar-refractivity contribution >= 4 is 11.9 Å². The highest BCUT2D eigenvalue weighted by atomic mass is 16.5. The first-order valence-corrected chi connectivity index (χ1v) is 6.06. The van der Waals surface area contributed by atoms with Crippen molar-refractivity contribution in [3.63, 3.8) is 0 Å². The first-order valence-electron chi connectivity index (χ1n) is 6.06. The van der Waals surface area contributed by atoms with Crippen molar-refractivity contribution in [2.75, 3.05) is 13.2 Å². The zero-order valence-corrected chi connectivity index (χ0v) is 11.8. The van der Waals surface area contributed by atoms with E-state index in [2.05, 4.69) is 11.6 Å². The second-order valence-corrected chi connectivity index (χ2v) is 4.38. The third kappa shape index (κ3) is 3.47. The number of H-pyrrole nitrogens is 1. The lowest BCUT2D eigenvalue weighted by molar-refractivity contribution is 0.0519. The topological polar surface area (TPSA) is 68.4 Å². The Morgan fingerprint density at radius 2 is 1.84 bits per heavy atom. The third-order valence-corrected chi connectivity index (χ3v) is 2.57. The quantitative estimate of drug-likeness (QED) is 0.656. The molecule has 19 heavy (non-hydrogen) atoms. The minimum Gasteiger partial charge on any atom is -0.461 e. The van der Waals surface area contributed by atoms with Gasteiger partial charge in [0.1, 0.15) is 12.3 Å². The van der Waals surface area contributed by atoms with E-state index in [1.165, 1.54) is 0 Å². The summed E-state index contributed by atoms with van der Waals surface area (Å²) in [5, 5.41) is 0. The Kier molecular flexibility index (Phi) is 4.92. The summed E-state index contributed by atoms with van der Waals surface area (Å²) >= 11 is 0. The molecule has 0 spiro atoms. The molecule has 0 radical (unpaired) electrons.